The zero-order chi connectivity index (χ0) is 11.5. The Morgan fingerprint density at radius 3 is 3.12 bits per heavy atom. The van der Waals surface area contributed by atoms with Gasteiger partial charge in [-0.1, -0.05) is 18.2 Å². The van der Waals surface area contributed by atoms with Crippen LogP contribution in [-0.2, 0) is 0 Å². The van der Waals surface area contributed by atoms with Gasteiger partial charge in [-0.25, -0.2) is 0 Å². The Hall–Kier alpha value is -0.670. The third kappa shape index (κ3) is 2.61. The van der Waals surface area contributed by atoms with Gasteiger partial charge in [0.05, 0.1) is 6.61 Å². The van der Waals surface area contributed by atoms with E-state index in [1.807, 2.05) is 6.07 Å². The van der Waals surface area contributed by atoms with Crippen LogP contribution in [0.1, 0.15) is 30.9 Å². The number of rotatable bonds is 3. The van der Waals surface area contributed by atoms with E-state index in [1.54, 1.807) is 0 Å². The fraction of sp³-hybridized carbons (Fsp3) is 0.571. The molecular formula is C14H19NOS. The number of ether oxygens (including phenoxy) is 1. The van der Waals surface area contributed by atoms with E-state index in [0.29, 0.717) is 6.04 Å². The second kappa shape index (κ2) is 5.32. The Labute approximate surface area is 107 Å². The number of thioether (sulfide) groups is 1. The molecule has 0 aliphatic carbocycles. The predicted molar refractivity (Wildman–Crippen MR) is 72.8 cm³/mol. The molecule has 92 valence electrons. The van der Waals surface area contributed by atoms with Crippen LogP contribution in [0.3, 0.4) is 0 Å². The first-order chi connectivity index (χ1) is 8.43. The van der Waals surface area contributed by atoms with Gasteiger partial charge >= 0.3 is 0 Å². The molecule has 1 saturated heterocycles. The van der Waals surface area contributed by atoms with Gasteiger partial charge < -0.3 is 10.1 Å². The number of nitrogens with one attached hydrogen (secondary N) is 1. The number of para-hydroxylation sites is 1. The second-order valence-corrected chi connectivity index (χ2v) is 6.18. The molecule has 1 aromatic carbocycles. The molecule has 2 atom stereocenters. The summed E-state index contributed by atoms with van der Waals surface area (Å²) in [4.78, 5) is 0. The molecule has 0 saturated carbocycles. The summed E-state index contributed by atoms with van der Waals surface area (Å²) in [6.07, 6.45) is 3.86. The average Bonchev–Trinajstić information content (AvgIpc) is 2.89. The summed E-state index contributed by atoms with van der Waals surface area (Å²) in [5.74, 6) is 2.41. The smallest absolute Gasteiger partial charge is 0.124 e. The molecule has 0 amide bonds. The van der Waals surface area contributed by atoms with E-state index in [4.69, 9.17) is 4.74 Å². The molecular weight excluding hydrogens is 230 g/mol. The van der Waals surface area contributed by atoms with Gasteiger partial charge in [0.15, 0.2) is 0 Å². The van der Waals surface area contributed by atoms with Gasteiger partial charge in [-0.3, -0.25) is 0 Å². The lowest BCUT2D eigenvalue weighted by Gasteiger charge is -2.27. The Bertz CT molecular complexity index is 376. The molecule has 1 N–H and O–H groups in total. The van der Waals surface area contributed by atoms with Crippen LogP contribution in [0.25, 0.3) is 0 Å². The number of hydrogen-bond acceptors (Lipinski definition) is 3. The lowest BCUT2D eigenvalue weighted by atomic mass is 10.0. The van der Waals surface area contributed by atoms with Gasteiger partial charge in [-0.15, -0.1) is 0 Å². The SMILES string of the molecule is c1ccc2c(c1)OCCC2NCC1CCCS1. The van der Waals surface area contributed by atoms with Crippen molar-refractivity contribution in [1.82, 2.24) is 5.32 Å². The van der Waals surface area contributed by atoms with E-state index in [0.717, 1.165) is 30.6 Å². The van der Waals surface area contributed by atoms with E-state index in [9.17, 15) is 0 Å². The summed E-state index contributed by atoms with van der Waals surface area (Å²) in [5.41, 5.74) is 1.33. The van der Waals surface area contributed by atoms with Gasteiger partial charge in [-0.05, 0) is 24.7 Å². The lowest BCUT2D eigenvalue weighted by molar-refractivity contribution is 0.253. The van der Waals surface area contributed by atoms with Crippen molar-refractivity contribution in [2.75, 3.05) is 18.9 Å². The fourth-order valence-corrected chi connectivity index (χ4v) is 3.85. The Morgan fingerprint density at radius 2 is 2.24 bits per heavy atom. The standard InChI is InChI=1S/C14H19NOS/c1-2-6-14-12(5-1)13(7-8-16-14)15-10-11-4-3-9-17-11/h1-2,5-6,11,13,15H,3-4,7-10H2. The molecule has 0 aromatic heterocycles. The van der Waals surface area contributed by atoms with Crippen molar-refractivity contribution in [3.63, 3.8) is 0 Å². The zero-order valence-corrected chi connectivity index (χ0v) is 10.8. The van der Waals surface area contributed by atoms with E-state index in [2.05, 4.69) is 35.3 Å². The fourth-order valence-electron chi connectivity index (χ4n) is 2.63. The molecule has 2 nitrogen and oxygen atoms in total. The molecule has 1 fully saturated rings. The van der Waals surface area contributed by atoms with Gasteiger partial charge in [0.1, 0.15) is 5.75 Å². The quantitative estimate of drug-likeness (QED) is 0.890. The Balaban J connectivity index is 1.64. The molecule has 0 bridgehead atoms. The highest BCUT2D eigenvalue weighted by Crippen LogP contribution is 2.32. The molecule has 17 heavy (non-hydrogen) atoms. The first-order valence-electron chi connectivity index (χ1n) is 6.50. The van der Waals surface area contributed by atoms with Gasteiger partial charge in [0.2, 0.25) is 0 Å². The minimum absolute atomic E-state index is 0.487. The van der Waals surface area contributed by atoms with Crippen LogP contribution in [0.4, 0.5) is 0 Å². The van der Waals surface area contributed by atoms with Crippen LogP contribution < -0.4 is 10.1 Å². The van der Waals surface area contributed by atoms with Crippen molar-refractivity contribution < 1.29 is 4.74 Å². The maximum Gasteiger partial charge on any atom is 0.124 e. The summed E-state index contributed by atoms with van der Waals surface area (Å²) < 4.78 is 5.68. The highest BCUT2D eigenvalue weighted by atomic mass is 32.2. The van der Waals surface area contributed by atoms with Crippen molar-refractivity contribution in [3.05, 3.63) is 29.8 Å². The average molecular weight is 249 g/mol. The Morgan fingerprint density at radius 1 is 1.29 bits per heavy atom. The van der Waals surface area contributed by atoms with E-state index < -0.39 is 0 Å². The summed E-state index contributed by atoms with van der Waals surface area (Å²) in [5, 5.41) is 4.54. The minimum Gasteiger partial charge on any atom is -0.493 e. The topological polar surface area (TPSA) is 21.3 Å². The maximum absolute atomic E-state index is 5.68. The predicted octanol–water partition coefficient (Wildman–Crippen LogP) is 3.00. The first-order valence-corrected chi connectivity index (χ1v) is 7.55. The third-order valence-electron chi connectivity index (χ3n) is 3.57. The normalized spacial score (nSPS) is 27.5. The van der Waals surface area contributed by atoms with Crippen molar-refractivity contribution in [2.45, 2.75) is 30.6 Å². The van der Waals surface area contributed by atoms with Gasteiger partial charge in [0, 0.05) is 29.8 Å². The molecule has 3 rings (SSSR count). The number of benzene rings is 1. The summed E-state index contributed by atoms with van der Waals surface area (Å²) in [6.45, 7) is 1.98. The van der Waals surface area contributed by atoms with Crippen molar-refractivity contribution in [2.24, 2.45) is 0 Å². The molecule has 1 aromatic rings. The van der Waals surface area contributed by atoms with Crippen LogP contribution in [0, 0.1) is 0 Å². The number of hydrogen-bond donors (Lipinski definition) is 1. The molecule has 0 spiro atoms. The third-order valence-corrected chi connectivity index (χ3v) is 4.97. The molecule has 2 aliphatic rings. The highest BCUT2D eigenvalue weighted by Gasteiger charge is 2.22. The molecule has 2 unspecified atom stereocenters. The van der Waals surface area contributed by atoms with E-state index in [1.165, 1.54) is 24.2 Å². The molecule has 0 radical (unpaired) electrons. The summed E-state index contributed by atoms with van der Waals surface area (Å²) in [6, 6.07) is 8.91. The minimum atomic E-state index is 0.487. The van der Waals surface area contributed by atoms with Crippen LogP contribution in [0.5, 0.6) is 5.75 Å². The van der Waals surface area contributed by atoms with Crippen molar-refractivity contribution >= 4 is 11.8 Å². The van der Waals surface area contributed by atoms with Gasteiger partial charge in [-0.2, -0.15) is 11.8 Å². The van der Waals surface area contributed by atoms with Crippen molar-refractivity contribution in [3.8, 4) is 5.75 Å². The Kier molecular flexibility index (Phi) is 3.57. The first kappa shape index (κ1) is 11.4. The van der Waals surface area contributed by atoms with Crippen LogP contribution in [-0.4, -0.2) is 24.2 Å². The van der Waals surface area contributed by atoms with Crippen LogP contribution >= 0.6 is 11.8 Å². The molecule has 3 heteroatoms. The maximum atomic E-state index is 5.68. The second-order valence-electron chi connectivity index (χ2n) is 4.77. The summed E-state index contributed by atoms with van der Waals surface area (Å²) in [7, 11) is 0. The largest absolute Gasteiger partial charge is 0.493 e. The highest BCUT2D eigenvalue weighted by molar-refractivity contribution is 8.00. The van der Waals surface area contributed by atoms with Gasteiger partial charge in [0.25, 0.3) is 0 Å². The zero-order valence-electron chi connectivity index (χ0n) is 10.0. The summed E-state index contributed by atoms with van der Waals surface area (Å²) >= 11 is 2.12. The molecule has 2 heterocycles. The lowest BCUT2D eigenvalue weighted by Crippen LogP contribution is -2.31. The monoisotopic (exact) mass is 249 g/mol. The van der Waals surface area contributed by atoms with Crippen LogP contribution in [0.2, 0.25) is 0 Å². The number of fused-ring (bicyclic) bond motifs is 1. The van der Waals surface area contributed by atoms with Crippen LogP contribution in [0.15, 0.2) is 24.3 Å². The molecule has 2 aliphatic heterocycles. The van der Waals surface area contributed by atoms with E-state index >= 15 is 0 Å². The van der Waals surface area contributed by atoms with E-state index in [-0.39, 0.29) is 0 Å². The van der Waals surface area contributed by atoms with Crippen molar-refractivity contribution in [1.29, 1.82) is 0 Å².